The van der Waals surface area contributed by atoms with Gasteiger partial charge in [-0.25, -0.2) is 0 Å². The number of carbonyl (C=O) groups is 1. The van der Waals surface area contributed by atoms with E-state index in [0.29, 0.717) is 21.4 Å². The van der Waals surface area contributed by atoms with Gasteiger partial charge in [-0.2, -0.15) is 18.4 Å². The van der Waals surface area contributed by atoms with Crippen LogP contribution in [0, 0.1) is 11.3 Å². The second kappa shape index (κ2) is 8.24. The number of rotatable bonds is 4. The summed E-state index contributed by atoms with van der Waals surface area (Å²) in [6, 6.07) is 9.93. The molecule has 148 valence electrons. The molecule has 1 amide bonds. The number of benzene rings is 1. The third-order valence-electron chi connectivity index (χ3n) is 3.51. The van der Waals surface area contributed by atoms with Crippen LogP contribution in [0.15, 0.2) is 42.1 Å². The highest BCUT2D eigenvalue weighted by atomic mass is 35.5. The van der Waals surface area contributed by atoms with Crippen molar-refractivity contribution in [2.75, 3.05) is 5.32 Å². The molecule has 0 aliphatic heterocycles. The van der Waals surface area contributed by atoms with Crippen LogP contribution in [0.2, 0.25) is 10.0 Å². The molecule has 1 aromatic carbocycles. The minimum absolute atomic E-state index is 0.159. The van der Waals surface area contributed by atoms with Gasteiger partial charge in [-0.1, -0.05) is 34.5 Å². The Kier molecular flexibility index (Phi) is 5.93. The number of carbonyl (C=O) groups excluding carboxylic acids is 1. The lowest BCUT2D eigenvalue weighted by atomic mass is 10.2. The van der Waals surface area contributed by atoms with E-state index in [0.717, 1.165) is 0 Å². The van der Waals surface area contributed by atoms with Gasteiger partial charge < -0.3 is 4.57 Å². The maximum absolute atomic E-state index is 12.6. The third-order valence-corrected chi connectivity index (χ3v) is 5.13. The zero-order chi connectivity index (χ0) is 21.2. The van der Waals surface area contributed by atoms with Crippen molar-refractivity contribution in [3.63, 3.8) is 0 Å². The summed E-state index contributed by atoms with van der Waals surface area (Å²) < 4.78 is 39.4. The van der Waals surface area contributed by atoms with Crippen molar-refractivity contribution in [3.8, 4) is 11.8 Å². The van der Waals surface area contributed by atoms with Crippen LogP contribution in [0.5, 0.6) is 0 Å². The Labute approximate surface area is 175 Å². The largest absolute Gasteiger partial charge is 0.445 e. The summed E-state index contributed by atoms with van der Waals surface area (Å²) in [5.74, 6) is -0.917. The minimum atomic E-state index is -4.67. The molecular weight excluding hydrogens is 450 g/mol. The third kappa shape index (κ3) is 4.76. The first-order valence-electron chi connectivity index (χ1n) is 7.65. The maximum atomic E-state index is 12.6. The molecule has 6 nitrogen and oxygen atoms in total. The second-order valence-electron chi connectivity index (χ2n) is 5.44. The predicted molar refractivity (Wildman–Crippen MR) is 103 cm³/mol. The van der Waals surface area contributed by atoms with Crippen LogP contribution < -0.4 is 5.32 Å². The molecule has 0 fully saturated rings. The van der Waals surface area contributed by atoms with E-state index in [2.05, 4.69) is 15.5 Å². The Bertz CT molecular complexity index is 1150. The van der Waals surface area contributed by atoms with Gasteiger partial charge in [0.1, 0.15) is 11.6 Å². The summed E-state index contributed by atoms with van der Waals surface area (Å²) in [6.07, 6.45) is -1.71. The van der Waals surface area contributed by atoms with Gasteiger partial charge >= 0.3 is 6.18 Å². The number of amides is 1. The van der Waals surface area contributed by atoms with Crippen LogP contribution in [0.4, 0.5) is 18.3 Å². The molecule has 12 heteroatoms. The van der Waals surface area contributed by atoms with Crippen LogP contribution in [0.3, 0.4) is 0 Å². The van der Waals surface area contributed by atoms with E-state index >= 15 is 0 Å². The maximum Gasteiger partial charge on any atom is 0.445 e. The lowest BCUT2D eigenvalue weighted by molar-refractivity contribution is -0.138. The van der Waals surface area contributed by atoms with Gasteiger partial charge in [0.05, 0.1) is 10.0 Å². The molecule has 0 saturated heterocycles. The van der Waals surface area contributed by atoms with Crippen molar-refractivity contribution in [1.29, 1.82) is 5.26 Å². The second-order valence-corrected chi connectivity index (χ2v) is 7.23. The Morgan fingerprint density at radius 1 is 1.24 bits per heavy atom. The number of nitrogens with zero attached hydrogens (tertiary/aromatic N) is 4. The van der Waals surface area contributed by atoms with Gasteiger partial charge in [-0.05, 0) is 36.4 Å². The fourth-order valence-electron chi connectivity index (χ4n) is 2.23. The van der Waals surface area contributed by atoms with Crippen molar-refractivity contribution in [2.45, 2.75) is 6.18 Å². The zero-order valence-electron chi connectivity index (χ0n) is 14.0. The van der Waals surface area contributed by atoms with E-state index in [4.69, 9.17) is 23.2 Å². The number of nitrogens with one attached hydrogen (secondary N) is 1. The first-order valence-corrected chi connectivity index (χ1v) is 9.23. The molecule has 0 atom stereocenters. The molecule has 2 heterocycles. The Balaban J connectivity index is 1.86. The average Bonchev–Trinajstić information content (AvgIpc) is 3.31. The van der Waals surface area contributed by atoms with E-state index in [1.54, 1.807) is 47.2 Å². The van der Waals surface area contributed by atoms with Gasteiger partial charge in [0, 0.05) is 17.6 Å². The first-order chi connectivity index (χ1) is 13.7. The number of anilines is 1. The highest BCUT2D eigenvalue weighted by Crippen LogP contribution is 2.33. The number of halogens is 5. The van der Waals surface area contributed by atoms with E-state index in [9.17, 15) is 23.2 Å². The monoisotopic (exact) mass is 457 g/mol. The molecule has 0 radical (unpaired) electrons. The average molecular weight is 458 g/mol. The van der Waals surface area contributed by atoms with Gasteiger partial charge in [-0.3, -0.25) is 10.1 Å². The Morgan fingerprint density at radius 2 is 2.00 bits per heavy atom. The molecule has 0 unspecified atom stereocenters. The fraction of sp³-hybridized carbons (Fsp3) is 0.0588. The summed E-state index contributed by atoms with van der Waals surface area (Å²) in [5, 5.41) is 16.8. The van der Waals surface area contributed by atoms with Crippen molar-refractivity contribution >= 4 is 51.7 Å². The number of alkyl halides is 3. The van der Waals surface area contributed by atoms with E-state index in [1.165, 1.54) is 6.08 Å². The molecule has 3 aromatic rings. The summed E-state index contributed by atoms with van der Waals surface area (Å²) in [4.78, 5) is 12.3. The fourth-order valence-corrected chi connectivity index (χ4v) is 3.13. The number of hydrogen-bond donors (Lipinski definition) is 1. The number of aromatic nitrogens is 3. The molecular formula is C17H8Cl2F3N5OS. The van der Waals surface area contributed by atoms with Gasteiger partial charge in [0.15, 0.2) is 0 Å². The molecule has 0 aliphatic carbocycles. The van der Waals surface area contributed by atoms with Crippen molar-refractivity contribution in [2.24, 2.45) is 0 Å². The summed E-state index contributed by atoms with van der Waals surface area (Å²) in [5.41, 5.74) is 0.754. The minimum Gasteiger partial charge on any atom is -0.317 e. The van der Waals surface area contributed by atoms with Gasteiger partial charge in [-0.15, -0.1) is 10.2 Å². The summed E-state index contributed by atoms with van der Waals surface area (Å²) >= 11 is 12.1. The highest BCUT2D eigenvalue weighted by molar-refractivity contribution is 7.15. The standard InChI is InChI=1S/C17H8Cl2F3N5OS/c18-12-4-3-11(7-13(12)19)27-5-1-2-10(27)6-9(8-23)14(28)24-16-26-25-15(29-16)17(20,21)22/h1-7H,(H,24,26,28)/b9-6-. The summed E-state index contributed by atoms with van der Waals surface area (Å²) in [7, 11) is 0. The Hall–Kier alpha value is -2.87. The molecule has 0 spiro atoms. The van der Waals surface area contributed by atoms with Crippen molar-refractivity contribution in [1.82, 2.24) is 14.8 Å². The van der Waals surface area contributed by atoms with E-state index < -0.39 is 17.1 Å². The van der Waals surface area contributed by atoms with E-state index in [1.807, 2.05) is 0 Å². The molecule has 0 bridgehead atoms. The molecule has 1 N–H and O–H groups in total. The van der Waals surface area contributed by atoms with Crippen LogP contribution in [0.25, 0.3) is 11.8 Å². The van der Waals surface area contributed by atoms with Crippen molar-refractivity contribution in [3.05, 3.63) is 62.8 Å². The number of nitriles is 1. The lowest BCUT2D eigenvalue weighted by Gasteiger charge is -2.08. The van der Waals surface area contributed by atoms with Gasteiger partial charge in [0.2, 0.25) is 10.1 Å². The predicted octanol–water partition coefficient (Wildman–Crippen LogP) is 5.20. The first kappa shape index (κ1) is 20.9. The molecule has 0 saturated carbocycles. The normalized spacial score (nSPS) is 11.9. The zero-order valence-corrected chi connectivity index (χ0v) is 16.4. The molecule has 2 aromatic heterocycles. The van der Waals surface area contributed by atoms with Crippen LogP contribution >= 0.6 is 34.5 Å². The number of hydrogen-bond acceptors (Lipinski definition) is 5. The smallest absolute Gasteiger partial charge is 0.317 e. The molecule has 3 rings (SSSR count). The summed E-state index contributed by atoms with van der Waals surface area (Å²) in [6.45, 7) is 0. The SMILES string of the molecule is N#C/C(=C/c1cccn1-c1ccc(Cl)c(Cl)c1)C(=O)Nc1nnc(C(F)(F)F)s1. The highest BCUT2D eigenvalue weighted by Gasteiger charge is 2.35. The lowest BCUT2D eigenvalue weighted by Crippen LogP contribution is -2.13. The van der Waals surface area contributed by atoms with E-state index in [-0.39, 0.29) is 22.0 Å². The quantitative estimate of drug-likeness (QED) is 0.431. The molecule has 0 aliphatic rings. The Morgan fingerprint density at radius 3 is 2.62 bits per heavy atom. The van der Waals surface area contributed by atoms with Crippen LogP contribution in [-0.2, 0) is 11.0 Å². The van der Waals surface area contributed by atoms with Crippen LogP contribution in [0.1, 0.15) is 10.7 Å². The topological polar surface area (TPSA) is 83.6 Å². The molecule has 29 heavy (non-hydrogen) atoms. The van der Waals surface area contributed by atoms with Crippen molar-refractivity contribution < 1.29 is 18.0 Å². The van der Waals surface area contributed by atoms with Gasteiger partial charge in [0.25, 0.3) is 5.91 Å². The van der Waals surface area contributed by atoms with Crippen LogP contribution in [-0.4, -0.2) is 20.7 Å².